The van der Waals surface area contributed by atoms with E-state index in [0.29, 0.717) is 0 Å². The van der Waals surface area contributed by atoms with Gasteiger partial charge in [-0.1, -0.05) is 74.5 Å². The fraction of sp³-hybridized carbons (Fsp3) is 0.419. The van der Waals surface area contributed by atoms with Crippen LogP contribution in [0.2, 0.25) is 0 Å². The average molecular weight is 514 g/mol. The zero-order chi connectivity index (χ0) is 26.4. The highest BCUT2D eigenvalue weighted by atomic mass is 16.5. The highest BCUT2D eigenvalue weighted by Gasteiger charge is 2.25. The number of nitrogens with zero attached hydrogens (tertiary/aromatic N) is 4. The second-order valence-electron chi connectivity index (χ2n) is 10.8. The predicted molar refractivity (Wildman–Crippen MR) is 151 cm³/mol. The zero-order valence-electron chi connectivity index (χ0n) is 22.5. The number of piperidine rings is 1. The van der Waals surface area contributed by atoms with Crippen LogP contribution in [0, 0.1) is 0 Å². The lowest BCUT2D eigenvalue weighted by atomic mass is 9.91. The third kappa shape index (κ3) is 6.41. The van der Waals surface area contributed by atoms with Crippen LogP contribution in [0.15, 0.2) is 79.0 Å². The van der Waals surface area contributed by atoms with Crippen molar-refractivity contribution in [2.45, 2.75) is 50.7 Å². The molecule has 3 heterocycles. The molecule has 0 spiro atoms. The Hall–Kier alpha value is -3.26. The standard InChI is InChI=1S/C31H39N5O2/c1-31(2,23-37)27-22-36-29(33-27)15-14-28(34-36)32-18-9-19-35-20-16-26(17-21-35)38-30(24-10-5-3-6-11-24)25-12-7-4-8-13-25/h3-8,10-15,22,26,30,37H,9,16-21,23H2,1-2H3,(H,32,34). The van der Waals surface area contributed by atoms with Gasteiger partial charge in [0, 0.05) is 25.0 Å². The van der Waals surface area contributed by atoms with E-state index in [1.54, 1.807) is 4.52 Å². The first-order chi connectivity index (χ1) is 18.5. The number of hydrogen-bond acceptors (Lipinski definition) is 6. The number of ether oxygens (including phenoxy) is 1. The van der Waals surface area contributed by atoms with Crippen molar-refractivity contribution in [1.82, 2.24) is 19.5 Å². The number of rotatable bonds is 11. The number of nitrogens with one attached hydrogen (secondary N) is 1. The van der Waals surface area contributed by atoms with Crippen molar-refractivity contribution in [3.05, 3.63) is 95.8 Å². The summed E-state index contributed by atoms with van der Waals surface area (Å²) in [4.78, 5) is 7.15. The van der Waals surface area contributed by atoms with E-state index in [1.807, 2.05) is 32.2 Å². The van der Waals surface area contributed by atoms with Crippen molar-refractivity contribution >= 4 is 11.5 Å². The summed E-state index contributed by atoms with van der Waals surface area (Å²) in [5.74, 6) is 0.836. The molecule has 0 radical (unpaired) electrons. The normalized spacial score (nSPS) is 15.4. The van der Waals surface area contributed by atoms with E-state index in [1.165, 1.54) is 11.1 Å². The Morgan fingerprint density at radius 1 is 0.974 bits per heavy atom. The zero-order valence-corrected chi connectivity index (χ0v) is 22.5. The minimum atomic E-state index is -0.385. The van der Waals surface area contributed by atoms with Crippen LogP contribution in [0.1, 0.15) is 56.0 Å². The first kappa shape index (κ1) is 26.4. The number of aliphatic hydroxyl groups is 1. The fourth-order valence-corrected chi connectivity index (χ4v) is 4.97. The van der Waals surface area contributed by atoms with E-state index in [0.717, 1.165) is 62.6 Å². The van der Waals surface area contributed by atoms with Crippen LogP contribution in [0.5, 0.6) is 0 Å². The third-order valence-corrected chi connectivity index (χ3v) is 7.43. The largest absolute Gasteiger partial charge is 0.395 e. The molecule has 0 atom stereocenters. The first-order valence-electron chi connectivity index (χ1n) is 13.7. The molecule has 1 aliphatic rings. The predicted octanol–water partition coefficient (Wildman–Crippen LogP) is 5.07. The lowest BCUT2D eigenvalue weighted by molar-refractivity contribution is -0.0269. The second kappa shape index (κ2) is 12.1. The maximum Gasteiger partial charge on any atom is 0.153 e. The van der Waals surface area contributed by atoms with Gasteiger partial charge in [0.2, 0.25) is 0 Å². The Kier molecular flexibility index (Phi) is 8.37. The maximum atomic E-state index is 9.63. The molecule has 7 nitrogen and oxygen atoms in total. The van der Waals surface area contributed by atoms with Gasteiger partial charge in [0.25, 0.3) is 0 Å². The van der Waals surface area contributed by atoms with Crippen LogP contribution >= 0.6 is 0 Å². The summed E-state index contributed by atoms with van der Waals surface area (Å²) in [6.45, 7) is 8.05. The van der Waals surface area contributed by atoms with E-state index in [2.05, 4.69) is 81.0 Å². The molecular weight excluding hydrogens is 474 g/mol. The number of aromatic nitrogens is 3. The topological polar surface area (TPSA) is 74.9 Å². The molecule has 0 saturated carbocycles. The molecule has 0 unspecified atom stereocenters. The van der Waals surface area contributed by atoms with Crippen molar-refractivity contribution < 1.29 is 9.84 Å². The van der Waals surface area contributed by atoms with Crippen LogP contribution < -0.4 is 5.32 Å². The summed E-state index contributed by atoms with van der Waals surface area (Å²) >= 11 is 0. The van der Waals surface area contributed by atoms with Gasteiger partial charge >= 0.3 is 0 Å². The van der Waals surface area contributed by atoms with Crippen LogP contribution in [0.25, 0.3) is 5.65 Å². The molecule has 2 aromatic carbocycles. The Morgan fingerprint density at radius 2 is 1.63 bits per heavy atom. The maximum absolute atomic E-state index is 9.63. The smallest absolute Gasteiger partial charge is 0.153 e. The molecule has 0 amide bonds. The minimum Gasteiger partial charge on any atom is -0.395 e. The van der Waals surface area contributed by atoms with Crippen molar-refractivity contribution in [1.29, 1.82) is 0 Å². The molecule has 0 aliphatic carbocycles. The van der Waals surface area contributed by atoms with Gasteiger partial charge < -0.3 is 20.1 Å². The van der Waals surface area contributed by atoms with Gasteiger partial charge in [-0.3, -0.25) is 0 Å². The van der Waals surface area contributed by atoms with E-state index >= 15 is 0 Å². The van der Waals surface area contributed by atoms with Gasteiger partial charge in [-0.2, -0.15) is 0 Å². The summed E-state index contributed by atoms with van der Waals surface area (Å²) in [5.41, 5.74) is 3.67. The lowest BCUT2D eigenvalue weighted by Gasteiger charge is -2.34. The average Bonchev–Trinajstić information content (AvgIpc) is 3.40. The molecule has 2 aromatic heterocycles. The number of fused-ring (bicyclic) bond motifs is 1. The van der Waals surface area contributed by atoms with Gasteiger partial charge in [-0.15, -0.1) is 5.10 Å². The summed E-state index contributed by atoms with van der Waals surface area (Å²) in [7, 11) is 0. The van der Waals surface area contributed by atoms with Crippen LogP contribution in [-0.4, -0.2) is 63.5 Å². The highest BCUT2D eigenvalue weighted by molar-refractivity contribution is 5.46. The fourth-order valence-electron chi connectivity index (χ4n) is 4.97. The summed E-state index contributed by atoms with van der Waals surface area (Å²) in [5, 5.41) is 17.7. The van der Waals surface area contributed by atoms with Crippen molar-refractivity contribution in [2.24, 2.45) is 0 Å². The molecule has 1 fully saturated rings. The number of hydrogen-bond donors (Lipinski definition) is 2. The van der Waals surface area contributed by atoms with Gasteiger partial charge in [0.05, 0.1) is 24.6 Å². The van der Waals surface area contributed by atoms with E-state index in [-0.39, 0.29) is 24.2 Å². The third-order valence-electron chi connectivity index (χ3n) is 7.43. The van der Waals surface area contributed by atoms with Crippen LogP contribution in [-0.2, 0) is 10.2 Å². The van der Waals surface area contributed by atoms with Crippen molar-refractivity contribution in [3.63, 3.8) is 0 Å². The molecule has 200 valence electrons. The Labute approximate surface area is 225 Å². The van der Waals surface area contributed by atoms with E-state index in [9.17, 15) is 5.11 Å². The monoisotopic (exact) mass is 513 g/mol. The van der Waals surface area contributed by atoms with Gasteiger partial charge in [0.15, 0.2) is 5.65 Å². The van der Waals surface area contributed by atoms with Crippen molar-refractivity contribution in [2.75, 3.05) is 38.1 Å². The van der Waals surface area contributed by atoms with Gasteiger partial charge in [0.1, 0.15) is 11.9 Å². The Balaban J connectivity index is 1.08. The molecule has 7 heteroatoms. The van der Waals surface area contributed by atoms with E-state index in [4.69, 9.17) is 4.74 Å². The summed E-state index contributed by atoms with van der Waals surface area (Å²) in [6, 6.07) is 25.0. The number of benzene rings is 2. The molecule has 4 aromatic rings. The van der Waals surface area contributed by atoms with Crippen LogP contribution in [0.4, 0.5) is 5.82 Å². The highest BCUT2D eigenvalue weighted by Crippen LogP contribution is 2.30. The molecule has 0 bridgehead atoms. The van der Waals surface area contributed by atoms with Crippen LogP contribution in [0.3, 0.4) is 0 Å². The molecule has 5 rings (SSSR count). The molecule has 38 heavy (non-hydrogen) atoms. The second-order valence-corrected chi connectivity index (χ2v) is 10.8. The van der Waals surface area contributed by atoms with Gasteiger partial charge in [-0.25, -0.2) is 9.50 Å². The lowest BCUT2D eigenvalue weighted by Crippen LogP contribution is -2.38. The summed E-state index contributed by atoms with van der Waals surface area (Å²) in [6.07, 6.45) is 5.30. The number of likely N-dealkylation sites (tertiary alicyclic amines) is 1. The quantitative estimate of drug-likeness (QED) is 0.273. The number of imidazole rings is 1. The Bertz CT molecular complexity index is 1240. The first-order valence-corrected chi connectivity index (χ1v) is 13.7. The van der Waals surface area contributed by atoms with Gasteiger partial charge in [-0.05, 0) is 49.1 Å². The molecular formula is C31H39N5O2. The molecule has 1 saturated heterocycles. The SMILES string of the molecule is CC(C)(CO)c1cn2nc(NCCCN3CCC(OC(c4ccccc4)c4ccccc4)CC3)ccc2n1. The number of anilines is 1. The molecule has 2 N–H and O–H groups in total. The van der Waals surface area contributed by atoms with Crippen molar-refractivity contribution in [3.8, 4) is 0 Å². The number of aliphatic hydroxyl groups excluding tert-OH is 1. The van der Waals surface area contributed by atoms with E-state index < -0.39 is 0 Å². The molecule has 1 aliphatic heterocycles. The minimum absolute atomic E-state index is 0.0238. The summed E-state index contributed by atoms with van der Waals surface area (Å²) < 4.78 is 8.48. The Morgan fingerprint density at radius 3 is 2.26 bits per heavy atom.